The van der Waals surface area contributed by atoms with E-state index in [1.807, 2.05) is 0 Å². The van der Waals surface area contributed by atoms with E-state index in [4.69, 9.17) is 4.74 Å². The van der Waals surface area contributed by atoms with Gasteiger partial charge >= 0.3 is 0 Å². The molecule has 6 heteroatoms. The molecule has 102 valence electrons. The van der Waals surface area contributed by atoms with E-state index in [1.165, 1.54) is 6.07 Å². The number of anilines is 1. The Bertz CT molecular complexity index is 490. The van der Waals surface area contributed by atoms with Gasteiger partial charge in [-0.15, -0.1) is 0 Å². The van der Waals surface area contributed by atoms with E-state index < -0.39 is 4.92 Å². The van der Waals surface area contributed by atoms with Crippen molar-refractivity contribution in [3.63, 3.8) is 0 Å². The summed E-state index contributed by atoms with van der Waals surface area (Å²) < 4.78 is 5.58. The summed E-state index contributed by atoms with van der Waals surface area (Å²) >= 11 is 0. The summed E-state index contributed by atoms with van der Waals surface area (Å²) in [5.74, 6) is 0. The van der Waals surface area contributed by atoms with Gasteiger partial charge in [-0.2, -0.15) is 0 Å². The Hall–Kier alpha value is -1.95. The molecule has 0 saturated carbocycles. The highest BCUT2D eigenvalue weighted by Crippen LogP contribution is 2.25. The average molecular weight is 264 g/mol. The van der Waals surface area contributed by atoms with Crippen LogP contribution in [0.4, 0.5) is 11.4 Å². The molecule has 1 saturated heterocycles. The van der Waals surface area contributed by atoms with Crippen LogP contribution >= 0.6 is 0 Å². The van der Waals surface area contributed by atoms with Crippen LogP contribution in [0.5, 0.6) is 0 Å². The molecular weight excluding hydrogens is 248 g/mol. The van der Waals surface area contributed by atoms with E-state index in [1.54, 1.807) is 12.1 Å². The zero-order valence-electron chi connectivity index (χ0n) is 10.7. The van der Waals surface area contributed by atoms with Crippen LogP contribution in [0.15, 0.2) is 18.2 Å². The minimum Gasteiger partial charge on any atom is -0.375 e. The van der Waals surface area contributed by atoms with Crippen molar-refractivity contribution in [2.45, 2.75) is 19.4 Å². The molecule has 0 aliphatic carbocycles. The lowest BCUT2D eigenvalue weighted by Crippen LogP contribution is -2.42. The highest BCUT2D eigenvalue weighted by atomic mass is 16.6. The van der Waals surface area contributed by atoms with Crippen LogP contribution in [0.2, 0.25) is 0 Å². The van der Waals surface area contributed by atoms with E-state index >= 15 is 0 Å². The summed E-state index contributed by atoms with van der Waals surface area (Å²) in [4.78, 5) is 23.3. The third-order valence-corrected chi connectivity index (χ3v) is 3.29. The second-order valence-electron chi connectivity index (χ2n) is 4.47. The first kappa shape index (κ1) is 13.5. The molecule has 1 atom stereocenters. The molecule has 6 nitrogen and oxygen atoms in total. The highest BCUT2D eigenvalue weighted by molar-refractivity contribution is 5.83. The average Bonchev–Trinajstić information content (AvgIpc) is 2.46. The second kappa shape index (κ2) is 5.79. The molecule has 0 N–H and O–H groups in total. The van der Waals surface area contributed by atoms with Crippen LogP contribution in [0.25, 0.3) is 0 Å². The summed E-state index contributed by atoms with van der Waals surface area (Å²) in [6.45, 7) is 4.16. The molecule has 2 rings (SSSR count). The van der Waals surface area contributed by atoms with Gasteiger partial charge in [-0.1, -0.05) is 6.92 Å². The summed E-state index contributed by atoms with van der Waals surface area (Å²) in [5.41, 5.74) is 0.788. The molecule has 1 aromatic rings. The molecule has 1 aromatic carbocycles. The van der Waals surface area contributed by atoms with E-state index in [9.17, 15) is 14.9 Å². The van der Waals surface area contributed by atoms with Crippen molar-refractivity contribution in [3.8, 4) is 0 Å². The maximum atomic E-state index is 10.9. The van der Waals surface area contributed by atoms with Gasteiger partial charge in [0, 0.05) is 24.8 Å². The zero-order valence-corrected chi connectivity index (χ0v) is 10.7. The standard InChI is InChI=1S/C13H16N2O4/c1-2-12-8-14(5-6-19-12)11-3-4-13(15(17)18)10(7-11)9-16/h3-4,7,9,12H,2,5-6,8H2,1H3. The maximum absolute atomic E-state index is 10.9. The van der Waals surface area contributed by atoms with Gasteiger partial charge in [0.05, 0.1) is 23.2 Å². The lowest BCUT2D eigenvalue weighted by molar-refractivity contribution is -0.385. The normalized spacial score (nSPS) is 19.2. The van der Waals surface area contributed by atoms with Gasteiger partial charge in [0.2, 0.25) is 0 Å². The van der Waals surface area contributed by atoms with E-state index in [2.05, 4.69) is 11.8 Å². The van der Waals surface area contributed by atoms with Gasteiger partial charge in [0.1, 0.15) is 0 Å². The topological polar surface area (TPSA) is 72.7 Å². The number of carbonyl (C=O) groups is 1. The maximum Gasteiger partial charge on any atom is 0.280 e. The predicted octanol–water partition coefficient (Wildman–Crippen LogP) is 2.02. The van der Waals surface area contributed by atoms with Crippen molar-refractivity contribution >= 4 is 17.7 Å². The molecule has 1 aliphatic heterocycles. The monoisotopic (exact) mass is 264 g/mol. The number of nitro groups is 1. The second-order valence-corrected chi connectivity index (χ2v) is 4.47. The van der Waals surface area contributed by atoms with Crippen LogP contribution in [0.3, 0.4) is 0 Å². The van der Waals surface area contributed by atoms with Gasteiger partial charge in [-0.25, -0.2) is 0 Å². The minimum atomic E-state index is -0.540. The van der Waals surface area contributed by atoms with Crippen LogP contribution in [0.1, 0.15) is 23.7 Å². The first-order chi connectivity index (χ1) is 9.15. The summed E-state index contributed by atoms with van der Waals surface area (Å²) in [7, 11) is 0. The quantitative estimate of drug-likeness (QED) is 0.472. The number of aldehydes is 1. The van der Waals surface area contributed by atoms with Crippen LogP contribution < -0.4 is 4.90 Å². The number of rotatable bonds is 4. The smallest absolute Gasteiger partial charge is 0.280 e. The third-order valence-electron chi connectivity index (χ3n) is 3.29. The first-order valence-corrected chi connectivity index (χ1v) is 6.26. The predicted molar refractivity (Wildman–Crippen MR) is 70.7 cm³/mol. The Morgan fingerprint density at radius 2 is 2.37 bits per heavy atom. The molecule has 0 amide bonds. The lowest BCUT2D eigenvalue weighted by atomic mass is 10.1. The lowest BCUT2D eigenvalue weighted by Gasteiger charge is -2.34. The van der Waals surface area contributed by atoms with Crippen LogP contribution in [0, 0.1) is 10.1 Å². The number of hydrogen-bond donors (Lipinski definition) is 0. The van der Waals surface area contributed by atoms with E-state index in [0.29, 0.717) is 12.9 Å². The Balaban J connectivity index is 2.25. The van der Waals surface area contributed by atoms with Gasteiger partial charge in [0.25, 0.3) is 5.69 Å². The van der Waals surface area contributed by atoms with Crippen molar-refractivity contribution in [1.29, 1.82) is 0 Å². The number of hydrogen-bond acceptors (Lipinski definition) is 5. The van der Waals surface area contributed by atoms with Gasteiger partial charge in [-0.05, 0) is 18.6 Å². The van der Waals surface area contributed by atoms with Crippen molar-refractivity contribution in [2.24, 2.45) is 0 Å². The Kier molecular flexibility index (Phi) is 4.11. The Labute approximate surface area is 111 Å². The molecule has 0 radical (unpaired) electrons. The van der Waals surface area contributed by atoms with Gasteiger partial charge in [0.15, 0.2) is 6.29 Å². The molecule has 1 unspecified atom stereocenters. The van der Waals surface area contributed by atoms with Crippen molar-refractivity contribution < 1.29 is 14.5 Å². The molecular formula is C13H16N2O4. The molecule has 1 heterocycles. The molecule has 0 bridgehead atoms. The molecule has 0 spiro atoms. The fourth-order valence-electron chi connectivity index (χ4n) is 2.20. The summed E-state index contributed by atoms with van der Waals surface area (Å²) in [6.07, 6.45) is 1.62. The summed E-state index contributed by atoms with van der Waals surface area (Å²) in [5, 5.41) is 10.8. The zero-order chi connectivity index (χ0) is 13.8. The van der Waals surface area contributed by atoms with Gasteiger partial charge in [-0.3, -0.25) is 14.9 Å². The van der Waals surface area contributed by atoms with E-state index in [-0.39, 0.29) is 17.4 Å². The van der Waals surface area contributed by atoms with Crippen molar-refractivity contribution in [1.82, 2.24) is 0 Å². The number of benzene rings is 1. The Morgan fingerprint density at radius 3 is 3.00 bits per heavy atom. The van der Waals surface area contributed by atoms with Gasteiger partial charge < -0.3 is 9.64 Å². The molecule has 0 aromatic heterocycles. The highest BCUT2D eigenvalue weighted by Gasteiger charge is 2.21. The SMILES string of the molecule is CCC1CN(c2ccc([N+](=O)[O-])c(C=O)c2)CCO1. The van der Waals surface area contributed by atoms with Crippen LogP contribution in [-0.4, -0.2) is 37.0 Å². The molecule has 19 heavy (non-hydrogen) atoms. The number of nitrogens with zero attached hydrogens (tertiary/aromatic N) is 2. The first-order valence-electron chi connectivity index (χ1n) is 6.26. The van der Waals surface area contributed by atoms with Crippen molar-refractivity contribution in [3.05, 3.63) is 33.9 Å². The fraction of sp³-hybridized carbons (Fsp3) is 0.462. The number of nitro benzene ring substituents is 1. The number of ether oxygens (including phenoxy) is 1. The number of morpholine rings is 1. The fourth-order valence-corrected chi connectivity index (χ4v) is 2.20. The Morgan fingerprint density at radius 1 is 1.58 bits per heavy atom. The molecule has 1 aliphatic rings. The minimum absolute atomic E-state index is 0.113. The number of carbonyl (C=O) groups excluding carboxylic acids is 1. The van der Waals surface area contributed by atoms with E-state index in [0.717, 1.165) is 25.2 Å². The molecule has 1 fully saturated rings. The third kappa shape index (κ3) is 2.90. The van der Waals surface area contributed by atoms with Crippen molar-refractivity contribution in [2.75, 3.05) is 24.6 Å². The van der Waals surface area contributed by atoms with Crippen LogP contribution in [-0.2, 0) is 4.74 Å². The summed E-state index contributed by atoms with van der Waals surface area (Å²) in [6, 6.07) is 4.64. The largest absolute Gasteiger partial charge is 0.375 e.